The van der Waals surface area contributed by atoms with E-state index in [-0.39, 0.29) is 12.2 Å². The molecule has 0 unspecified atom stereocenters. The van der Waals surface area contributed by atoms with E-state index in [0.717, 1.165) is 12.1 Å². The maximum Gasteiger partial charge on any atom is 0.430 e. The molecule has 5 nitrogen and oxygen atoms in total. The molecule has 0 bridgehead atoms. The maximum absolute atomic E-state index is 12.9. The fourth-order valence-electron chi connectivity index (χ4n) is 2.98. The summed E-state index contributed by atoms with van der Waals surface area (Å²) >= 11 is 0. The topological polar surface area (TPSA) is 68.3 Å². The zero-order valence-electron chi connectivity index (χ0n) is 14.3. The molecule has 29 heavy (non-hydrogen) atoms. The molecule has 0 fully saturated rings. The van der Waals surface area contributed by atoms with Crippen molar-refractivity contribution in [2.75, 3.05) is 0 Å². The largest absolute Gasteiger partial charge is 0.430 e. The molecule has 0 spiro atoms. The monoisotopic (exact) mass is 418 g/mol. The van der Waals surface area contributed by atoms with Crippen LogP contribution in [0, 0.1) is 10.1 Å². The zero-order valence-corrected chi connectivity index (χ0v) is 14.3. The van der Waals surface area contributed by atoms with E-state index in [0.29, 0.717) is 28.6 Å². The molecule has 1 aromatic heterocycles. The van der Waals surface area contributed by atoms with Gasteiger partial charge in [0.1, 0.15) is 0 Å². The van der Waals surface area contributed by atoms with Crippen LogP contribution in [0.4, 0.5) is 32.0 Å². The molecule has 0 aliphatic carbocycles. The standard InChI is InChI=1S/C18H12F6N2O3/c19-17(20,21)16(27,18(22,23)24)13-3-1-11(2-4-13)10-25-8-7-12-9-14(26(28)29)5-6-15(12)25/h1-9,27H,10H2. The minimum absolute atomic E-state index is 0.0953. The Morgan fingerprint density at radius 3 is 2.03 bits per heavy atom. The van der Waals surface area contributed by atoms with Crippen LogP contribution in [0.3, 0.4) is 0 Å². The summed E-state index contributed by atoms with van der Waals surface area (Å²) in [6.07, 6.45) is -10.3. The summed E-state index contributed by atoms with van der Waals surface area (Å²) in [5, 5.41) is 20.8. The van der Waals surface area contributed by atoms with Crippen molar-refractivity contribution in [3.63, 3.8) is 0 Å². The van der Waals surface area contributed by atoms with Gasteiger partial charge in [-0.2, -0.15) is 26.3 Å². The summed E-state index contributed by atoms with van der Waals surface area (Å²) in [4.78, 5) is 10.3. The smallest absolute Gasteiger partial charge is 0.369 e. The van der Waals surface area contributed by atoms with E-state index in [2.05, 4.69) is 0 Å². The molecule has 3 rings (SSSR count). The highest BCUT2D eigenvalue weighted by Crippen LogP contribution is 2.49. The second kappa shape index (κ2) is 6.76. The van der Waals surface area contributed by atoms with Crippen molar-refractivity contribution < 1.29 is 36.4 Å². The number of halogens is 6. The zero-order chi connectivity index (χ0) is 21.6. The molecule has 0 saturated heterocycles. The summed E-state index contributed by atoms with van der Waals surface area (Å²) < 4.78 is 79.2. The summed E-state index contributed by atoms with van der Waals surface area (Å²) in [5.74, 6) is 0. The molecule has 154 valence electrons. The number of hydrogen-bond acceptors (Lipinski definition) is 3. The first-order chi connectivity index (χ1) is 13.3. The Labute approximate surface area is 158 Å². The van der Waals surface area contributed by atoms with E-state index in [1.807, 2.05) is 0 Å². The maximum atomic E-state index is 12.9. The van der Waals surface area contributed by atoms with Gasteiger partial charge in [-0.25, -0.2) is 0 Å². The average molecular weight is 418 g/mol. The van der Waals surface area contributed by atoms with Gasteiger partial charge in [-0.05, 0) is 17.7 Å². The van der Waals surface area contributed by atoms with Crippen molar-refractivity contribution in [3.05, 3.63) is 76.0 Å². The lowest BCUT2D eigenvalue weighted by Crippen LogP contribution is -2.53. The van der Waals surface area contributed by atoms with Crippen LogP contribution in [0.1, 0.15) is 11.1 Å². The fraction of sp³-hybridized carbons (Fsp3) is 0.222. The fourth-order valence-corrected chi connectivity index (χ4v) is 2.98. The molecule has 1 heterocycles. The molecule has 1 N–H and O–H groups in total. The van der Waals surface area contributed by atoms with Crippen molar-refractivity contribution >= 4 is 16.6 Å². The summed E-state index contributed by atoms with van der Waals surface area (Å²) in [5.41, 5.74) is -5.46. The molecule has 0 radical (unpaired) electrons. The van der Waals surface area contributed by atoms with Gasteiger partial charge in [0.25, 0.3) is 11.3 Å². The van der Waals surface area contributed by atoms with Crippen molar-refractivity contribution in [2.24, 2.45) is 0 Å². The van der Waals surface area contributed by atoms with E-state index in [1.54, 1.807) is 16.8 Å². The number of nitrogens with zero attached hydrogens (tertiary/aromatic N) is 2. The number of hydrogen-bond donors (Lipinski definition) is 1. The van der Waals surface area contributed by atoms with E-state index in [4.69, 9.17) is 0 Å². The third kappa shape index (κ3) is 3.53. The highest BCUT2D eigenvalue weighted by atomic mass is 19.4. The van der Waals surface area contributed by atoms with Gasteiger partial charge >= 0.3 is 12.4 Å². The Kier molecular flexibility index (Phi) is 4.81. The number of aliphatic hydroxyl groups is 1. The summed E-state index contributed by atoms with van der Waals surface area (Å²) in [6.45, 7) is 0.0953. The number of fused-ring (bicyclic) bond motifs is 1. The second-order valence-corrected chi connectivity index (χ2v) is 6.35. The van der Waals surface area contributed by atoms with E-state index in [1.165, 1.54) is 18.2 Å². The summed E-state index contributed by atoms with van der Waals surface area (Å²) in [6, 6.07) is 8.98. The van der Waals surface area contributed by atoms with Crippen LogP contribution in [0.15, 0.2) is 54.7 Å². The first-order valence-electron chi connectivity index (χ1n) is 8.03. The van der Waals surface area contributed by atoms with Gasteiger partial charge in [-0.15, -0.1) is 0 Å². The lowest BCUT2D eigenvalue weighted by Gasteiger charge is -2.32. The van der Waals surface area contributed by atoms with Crippen molar-refractivity contribution in [2.45, 2.75) is 24.5 Å². The average Bonchev–Trinajstić information content (AvgIpc) is 3.02. The molecular formula is C18H12F6N2O3. The van der Waals surface area contributed by atoms with Crippen LogP contribution < -0.4 is 0 Å². The SMILES string of the molecule is O=[N+]([O-])c1ccc2c(ccn2Cc2ccc(C(O)(C(F)(F)F)C(F)(F)F)cc2)c1. The van der Waals surface area contributed by atoms with Crippen LogP contribution in [-0.4, -0.2) is 26.9 Å². The number of nitro benzene ring substituents is 1. The molecule has 0 aliphatic heterocycles. The van der Waals surface area contributed by atoms with Gasteiger partial charge in [0, 0.05) is 41.3 Å². The van der Waals surface area contributed by atoms with Gasteiger partial charge in [0.15, 0.2) is 0 Å². The van der Waals surface area contributed by atoms with Gasteiger partial charge in [-0.1, -0.05) is 24.3 Å². The Bertz CT molecular complexity index is 1040. The Hall–Kier alpha value is -3.08. The highest BCUT2D eigenvalue weighted by molar-refractivity contribution is 5.82. The van der Waals surface area contributed by atoms with E-state index in [9.17, 15) is 41.6 Å². The Morgan fingerprint density at radius 1 is 0.931 bits per heavy atom. The molecule has 0 atom stereocenters. The minimum Gasteiger partial charge on any atom is -0.369 e. The number of aromatic nitrogens is 1. The Balaban J connectivity index is 1.92. The molecule has 11 heteroatoms. The minimum atomic E-state index is -5.95. The van der Waals surface area contributed by atoms with Gasteiger partial charge in [-0.3, -0.25) is 10.1 Å². The normalized spacial score (nSPS) is 13.1. The quantitative estimate of drug-likeness (QED) is 0.372. The lowest BCUT2D eigenvalue weighted by atomic mass is 9.91. The first-order valence-corrected chi connectivity index (χ1v) is 8.03. The third-order valence-electron chi connectivity index (χ3n) is 4.51. The highest BCUT2D eigenvalue weighted by Gasteiger charge is 2.71. The van der Waals surface area contributed by atoms with E-state index < -0.39 is 28.4 Å². The number of nitro groups is 1. The van der Waals surface area contributed by atoms with Gasteiger partial charge < -0.3 is 9.67 Å². The van der Waals surface area contributed by atoms with E-state index >= 15 is 0 Å². The van der Waals surface area contributed by atoms with Crippen LogP contribution in [0.2, 0.25) is 0 Å². The second-order valence-electron chi connectivity index (χ2n) is 6.35. The molecule has 3 aromatic rings. The van der Waals surface area contributed by atoms with Gasteiger partial charge in [0.05, 0.1) is 4.92 Å². The Morgan fingerprint density at radius 2 is 1.52 bits per heavy atom. The summed E-state index contributed by atoms with van der Waals surface area (Å²) in [7, 11) is 0. The van der Waals surface area contributed by atoms with Crippen LogP contribution in [0.5, 0.6) is 0 Å². The van der Waals surface area contributed by atoms with Gasteiger partial charge in [0.2, 0.25) is 0 Å². The van der Waals surface area contributed by atoms with Crippen LogP contribution in [0.25, 0.3) is 10.9 Å². The van der Waals surface area contributed by atoms with Crippen molar-refractivity contribution in [1.29, 1.82) is 0 Å². The van der Waals surface area contributed by atoms with Crippen molar-refractivity contribution in [3.8, 4) is 0 Å². The van der Waals surface area contributed by atoms with Crippen LogP contribution >= 0.6 is 0 Å². The lowest BCUT2D eigenvalue weighted by molar-refractivity contribution is -0.384. The van der Waals surface area contributed by atoms with Crippen molar-refractivity contribution in [1.82, 2.24) is 4.57 Å². The number of non-ortho nitro benzene ring substituents is 1. The number of rotatable bonds is 4. The molecule has 2 aromatic carbocycles. The first kappa shape index (κ1) is 20.6. The number of alkyl halides is 6. The van der Waals surface area contributed by atoms with Crippen LogP contribution in [-0.2, 0) is 12.1 Å². The third-order valence-corrected chi connectivity index (χ3v) is 4.51. The predicted octanol–water partition coefficient (Wildman–Crippen LogP) is 4.91. The molecule has 0 saturated carbocycles. The number of benzene rings is 2. The molecule has 0 amide bonds. The predicted molar refractivity (Wildman–Crippen MR) is 90.1 cm³/mol. The molecular weight excluding hydrogens is 406 g/mol. The molecule has 0 aliphatic rings.